The minimum atomic E-state index is -0.921. The van der Waals surface area contributed by atoms with Gasteiger partial charge >= 0.3 is 0 Å². The summed E-state index contributed by atoms with van der Waals surface area (Å²) in [6, 6.07) is 2.02. The Hall–Kier alpha value is -1.04. The van der Waals surface area contributed by atoms with E-state index in [0.717, 1.165) is 5.92 Å². The molecule has 1 rings (SSSR count). The van der Waals surface area contributed by atoms with Gasteiger partial charge in [0.2, 0.25) is 5.91 Å². The molecule has 0 atom stereocenters. The van der Waals surface area contributed by atoms with Gasteiger partial charge in [0.15, 0.2) is 0 Å². The summed E-state index contributed by atoms with van der Waals surface area (Å²) in [7, 11) is 0. The average molecular weight is 222 g/mol. The highest BCUT2D eigenvalue weighted by atomic mass is 16.2. The first-order valence-corrected chi connectivity index (χ1v) is 5.99. The molecule has 1 aliphatic rings. The van der Waals surface area contributed by atoms with Crippen LogP contribution in [0.2, 0.25) is 0 Å². The monoisotopic (exact) mass is 222 g/mol. The van der Waals surface area contributed by atoms with Gasteiger partial charge in [-0.25, -0.2) is 0 Å². The van der Waals surface area contributed by atoms with Gasteiger partial charge in [-0.05, 0) is 38.0 Å². The second-order valence-electron chi connectivity index (χ2n) is 6.04. The molecule has 90 valence electrons. The number of nitrogens with zero attached hydrogens (tertiary/aromatic N) is 1. The lowest BCUT2D eigenvalue weighted by Gasteiger charge is -2.40. The molecule has 1 N–H and O–H groups in total. The number of nitriles is 1. The molecule has 1 fully saturated rings. The van der Waals surface area contributed by atoms with Crippen molar-refractivity contribution in [3.63, 3.8) is 0 Å². The van der Waals surface area contributed by atoms with Gasteiger partial charge in [0.25, 0.3) is 0 Å². The number of nitrogens with one attached hydrogen (secondary N) is 1. The van der Waals surface area contributed by atoms with E-state index in [0.29, 0.717) is 6.54 Å². The van der Waals surface area contributed by atoms with E-state index in [9.17, 15) is 4.79 Å². The van der Waals surface area contributed by atoms with Gasteiger partial charge in [0.05, 0.1) is 6.07 Å². The maximum absolute atomic E-state index is 11.7. The minimum absolute atomic E-state index is 0.152. The fraction of sp³-hybridized carbons (Fsp3) is 0.846. The molecule has 0 aromatic carbocycles. The van der Waals surface area contributed by atoms with Crippen LogP contribution in [0.4, 0.5) is 0 Å². The van der Waals surface area contributed by atoms with Crippen molar-refractivity contribution in [3.05, 3.63) is 0 Å². The maximum atomic E-state index is 11.7. The van der Waals surface area contributed by atoms with Gasteiger partial charge in [-0.1, -0.05) is 20.3 Å². The number of hydrogen-bond acceptors (Lipinski definition) is 2. The zero-order valence-electron chi connectivity index (χ0n) is 10.8. The first kappa shape index (κ1) is 13.0. The predicted octanol–water partition coefficient (Wildman–Crippen LogP) is 2.48. The first-order chi connectivity index (χ1) is 7.29. The quantitative estimate of drug-likeness (QED) is 0.794. The van der Waals surface area contributed by atoms with Gasteiger partial charge in [-0.2, -0.15) is 5.26 Å². The summed E-state index contributed by atoms with van der Waals surface area (Å²) >= 11 is 0. The van der Waals surface area contributed by atoms with E-state index in [2.05, 4.69) is 19.2 Å². The molecule has 1 amide bonds. The van der Waals surface area contributed by atoms with Gasteiger partial charge in [0, 0.05) is 6.54 Å². The first-order valence-electron chi connectivity index (χ1n) is 5.99. The molecule has 3 heteroatoms. The second kappa shape index (κ2) is 4.45. The third-order valence-corrected chi connectivity index (χ3v) is 3.76. The van der Waals surface area contributed by atoms with Crippen molar-refractivity contribution >= 4 is 5.91 Å². The molecule has 0 unspecified atom stereocenters. The third kappa shape index (κ3) is 2.75. The van der Waals surface area contributed by atoms with Crippen molar-refractivity contribution in [1.82, 2.24) is 5.32 Å². The van der Waals surface area contributed by atoms with Crippen LogP contribution in [0.25, 0.3) is 0 Å². The molecule has 1 saturated carbocycles. The molecule has 3 nitrogen and oxygen atoms in total. The summed E-state index contributed by atoms with van der Waals surface area (Å²) in [5.41, 5.74) is -0.769. The Kier molecular flexibility index (Phi) is 3.62. The zero-order valence-corrected chi connectivity index (χ0v) is 10.8. The van der Waals surface area contributed by atoms with Crippen molar-refractivity contribution < 1.29 is 4.79 Å². The molecule has 0 aromatic heterocycles. The molecule has 0 spiro atoms. The second-order valence-corrected chi connectivity index (χ2v) is 6.04. The molecule has 0 heterocycles. The van der Waals surface area contributed by atoms with E-state index in [1.807, 2.05) is 6.07 Å². The maximum Gasteiger partial charge on any atom is 0.239 e. The third-order valence-electron chi connectivity index (χ3n) is 3.76. The summed E-state index contributed by atoms with van der Waals surface area (Å²) in [5, 5.41) is 11.8. The minimum Gasteiger partial charge on any atom is -0.354 e. The smallest absolute Gasteiger partial charge is 0.239 e. The molecule has 0 aromatic rings. The highest BCUT2D eigenvalue weighted by molar-refractivity contribution is 5.84. The Morgan fingerprint density at radius 2 is 1.94 bits per heavy atom. The van der Waals surface area contributed by atoms with E-state index in [1.54, 1.807) is 13.8 Å². The van der Waals surface area contributed by atoms with Crippen LogP contribution < -0.4 is 5.32 Å². The Balaban J connectivity index is 2.45. The van der Waals surface area contributed by atoms with E-state index in [-0.39, 0.29) is 11.3 Å². The molecule has 1 aliphatic carbocycles. The Bertz CT molecular complexity index is 308. The van der Waals surface area contributed by atoms with Crippen molar-refractivity contribution in [2.45, 2.75) is 47.0 Å². The molecule has 0 bridgehead atoms. The highest BCUT2D eigenvalue weighted by Gasteiger charge is 2.35. The molecule has 0 radical (unpaired) electrons. The van der Waals surface area contributed by atoms with Crippen LogP contribution in [-0.2, 0) is 4.79 Å². The van der Waals surface area contributed by atoms with E-state index in [1.165, 1.54) is 19.3 Å². The Labute approximate surface area is 98.2 Å². The van der Waals surface area contributed by atoms with Crippen LogP contribution in [0.3, 0.4) is 0 Å². The standard InChI is InChI=1S/C13H22N2O/c1-12(2,8-14)11(16)15-9-13(3,4)10-6-5-7-10/h10H,5-7,9H2,1-4H3,(H,15,16). The number of carbonyl (C=O) groups is 1. The van der Waals surface area contributed by atoms with E-state index in [4.69, 9.17) is 5.26 Å². The SMILES string of the molecule is CC(C)(C#N)C(=O)NCC(C)(C)C1CCC1. The van der Waals surface area contributed by atoms with Gasteiger partial charge in [-0.3, -0.25) is 4.79 Å². The normalized spacial score (nSPS) is 17.4. The summed E-state index contributed by atoms with van der Waals surface area (Å²) in [4.78, 5) is 11.7. The van der Waals surface area contributed by atoms with E-state index < -0.39 is 5.41 Å². The molecule has 0 aliphatic heterocycles. The van der Waals surface area contributed by atoms with Crippen LogP contribution >= 0.6 is 0 Å². The van der Waals surface area contributed by atoms with Crippen molar-refractivity contribution in [1.29, 1.82) is 5.26 Å². The molecule has 16 heavy (non-hydrogen) atoms. The molecular weight excluding hydrogens is 200 g/mol. The predicted molar refractivity (Wildman–Crippen MR) is 63.5 cm³/mol. The van der Waals surface area contributed by atoms with Gasteiger partial charge < -0.3 is 5.32 Å². The fourth-order valence-electron chi connectivity index (χ4n) is 1.91. The zero-order chi connectivity index (χ0) is 12.4. The lowest BCUT2D eigenvalue weighted by atomic mass is 9.67. The topological polar surface area (TPSA) is 52.9 Å². The van der Waals surface area contributed by atoms with Crippen LogP contribution in [0, 0.1) is 28.1 Å². The van der Waals surface area contributed by atoms with Crippen molar-refractivity contribution in [2.24, 2.45) is 16.7 Å². The fourth-order valence-corrected chi connectivity index (χ4v) is 1.91. The highest BCUT2D eigenvalue weighted by Crippen LogP contribution is 2.41. The Morgan fingerprint density at radius 3 is 2.31 bits per heavy atom. The number of rotatable bonds is 4. The van der Waals surface area contributed by atoms with Crippen LogP contribution in [0.5, 0.6) is 0 Å². The van der Waals surface area contributed by atoms with Crippen LogP contribution in [0.1, 0.15) is 47.0 Å². The summed E-state index contributed by atoms with van der Waals surface area (Å²) < 4.78 is 0. The average Bonchev–Trinajstić information content (AvgIpc) is 2.10. The lowest BCUT2D eigenvalue weighted by molar-refractivity contribution is -0.127. The van der Waals surface area contributed by atoms with Crippen molar-refractivity contribution in [3.8, 4) is 6.07 Å². The number of amides is 1. The van der Waals surface area contributed by atoms with Gasteiger partial charge in [0.1, 0.15) is 5.41 Å². The summed E-state index contributed by atoms with van der Waals surface area (Å²) in [5.74, 6) is 0.556. The van der Waals surface area contributed by atoms with Gasteiger partial charge in [-0.15, -0.1) is 0 Å². The summed E-state index contributed by atoms with van der Waals surface area (Å²) in [6.45, 7) is 8.35. The van der Waals surface area contributed by atoms with Crippen LogP contribution in [-0.4, -0.2) is 12.5 Å². The number of hydrogen-bond donors (Lipinski definition) is 1. The Morgan fingerprint density at radius 1 is 1.38 bits per heavy atom. The number of carbonyl (C=O) groups excluding carboxylic acids is 1. The van der Waals surface area contributed by atoms with Crippen molar-refractivity contribution in [2.75, 3.05) is 6.54 Å². The molecule has 0 saturated heterocycles. The largest absolute Gasteiger partial charge is 0.354 e. The summed E-state index contributed by atoms with van der Waals surface area (Å²) in [6.07, 6.45) is 3.85. The molecular formula is C13H22N2O. The van der Waals surface area contributed by atoms with Crippen LogP contribution in [0.15, 0.2) is 0 Å². The van der Waals surface area contributed by atoms with E-state index >= 15 is 0 Å². The lowest BCUT2D eigenvalue weighted by Crippen LogP contribution is -2.44.